The zero-order valence-electron chi connectivity index (χ0n) is 11.8. The van der Waals surface area contributed by atoms with Crippen LogP contribution in [0.25, 0.3) is 10.4 Å². The highest BCUT2D eigenvalue weighted by Gasteiger charge is 2.09. The van der Waals surface area contributed by atoms with Crippen molar-refractivity contribution in [3.8, 4) is 22.3 Å². The molecule has 0 atom stereocenters. The summed E-state index contributed by atoms with van der Waals surface area (Å²) < 4.78 is 5.30. The van der Waals surface area contributed by atoms with Gasteiger partial charge in [-0.05, 0) is 54.4 Å². The van der Waals surface area contributed by atoms with Crippen molar-refractivity contribution in [2.45, 2.75) is 19.9 Å². The number of hydrogen-bond donors (Lipinski definition) is 1. The second kappa shape index (κ2) is 7.09. The van der Waals surface area contributed by atoms with E-state index in [2.05, 4.69) is 30.4 Å². The molecule has 0 spiro atoms. The molecule has 0 unspecified atom stereocenters. The Morgan fingerprint density at radius 2 is 2.15 bits per heavy atom. The van der Waals surface area contributed by atoms with Gasteiger partial charge in [0.1, 0.15) is 16.7 Å². The first-order valence-electron chi connectivity index (χ1n) is 6.66. The normalized spacial score (nSPS) is 10.2. The Morgan fingerprint density at radius 1 is 1.30 bits per heavy atom. The molecule has 0 saturated heterocycles. The molecular weight excluding hydrogens is 268 g/mol. The summed E-state index contributed by atoms with van der Waals surface area (Å²) in [4.78, 5) is 1.86. The fraction of sp³-hybridized carbons (Fsp3) is 0.312. The van der Waals surface area contributed by atoms with Crippen LogP contribution in [0.1, 0.15) is 23.8 Å². The maximum absolute atomic E-state index is 8.95. The van der Waals surface area contributed by atoms with Crippen molar-refractivity contribution in [1.29, 1.82) is 5.26 Å². The van der Waals surface area contributed by atoms with E-state index in [4.69, 9.17) is 10.00 Å². The van der Waals surface area contributed by atoms with Crippen molar-refractivity contribution in [3.05, 3.63) is 40.8 Å². The van der Waals surface area contributed by atoms with Gasteiger partial charge in [-0.1, -0.05) is 6.92 Å². The van der Waals surface area contributed by atoms with Crippen molar-refractivity contribution < 1.29 is 4.74 Å². The predicted molar refractivity (Wildman–Crippen MR) is 83.0 cm³/mol. The zero-order chi connectivity index (χ0) is 14.4. The van der Waals surface area contributed by atoms with Gasteiger partial charge < -0.3 is 10.1 Å². The maximum Gasteiger partial charge on any atom is 0.119 e. The van der Waals surface area contributed by atoms with Crippen LogP contribution in [0.15, 0.2) is 30.3 Å². The standard InChI is InChI=1S/C16H18N2OS/c1-3-8-18-11-12-9-13(19-2)4-6-15(12)16-7-5-14(10-17)20-16/h4-7,9,18H,3,8,11H2,1-2H3. The van der Waals surface area contributed by atoms with E-state index in [-0.39, 0.29) is 0 Å². The lowest BCUT2D eigenvalue weighted by molar-refractivity contribution is 0.414. The Kier molecular flexibility index (Phi) is 5.16. The van der Waals surface area contributed by atoms with Crippen LogP contribution in [0.3, 0.4) is 0 Å². The minimum absolute atomic E-state index is 0.739. The smallest absolute Gasteiger partial charge is 0.119 e. The predicted octanol–water partition coefficient (Wildman–Crippen LogP) is 3.79. The van der Waals surface area contributed by atoms with Crippen LogP contribution in [0.4, 0.5) is 0 Å². The van der Waals surface area contributed by atoms with E-state index in [1.54, 1.807) is 7.11 Å². The van der Waals surface area contributed by atoms with Crippen molar-refractivity contribution >= 4 is 11.3 Å². The minimum Gasteiger partial charge on any atom is -0.497 e. The third-order valence-electron chi connectivity index (χ3n) is 3.04. The van der Waals surface area contributed by atoms with E-state index in [1.807, 2.05) is 18.2 Å². The van der Waals surface area contributed by atoms with Gasteiger partial charge >= 0.3 is 0 Å². The van der Waals surface area contributed by atoms with Crippen LogP contribution in [0, 0.1) is 11.3 Å². The van der Waals surface area contributed by atoms with E-state index in [9.17, 15) is 0 Å². The van der Waals surface area contributed by atoms with E-state index in [0.717, 1.165) is 35.0 Å². The Labute approximate surface area is 123 Å². The van der Waals surface area contributed by atoms with E-state index < -0.39 is 0 Å². The molecule has 0 aliphatic heterocycles. The first-order chi connectivity index (χ1) is 9.78. The third-order valence-corrected chi connectivity index (χ3v) is 4.06. The summed E-state index contributed by atoms with van der Waals surface area (Å²) in [6.07, 6.45) is 1.11. The second-order valence-electron chi connectivity index (χ2n) is 4.48. The highest BCUT2D eigenvalue weighted by Crippen LogP contribution is 2.32. The number of nitrogens with zero attached hydrogens (tertiary/aromatic N) is 1. The molecule has 1 heterocycles. The number of thiophene rings is 1. The molecule has 0 fully saturated rings. The van der Waals surface area contributed by atoms with Gasteiger partial charge in [-0.15, -0.1) is 11.3 Å². The molecule has 0 aliphatic carbocycles. The molecule has 0 bridgehead atoms. The summed E-state index contributed by atoms with van der Waals surface area (Å²) >= 11 is 1.52. The molecule has 0 radical (unpaired) electrons. The maximum atomic E-state index is 8.95. The van der Waals surface area contributed by atoms with Crippen molar-refractivity contribution in [3.63, 3.8) is 0 Å². The lowest BCUT2D eigenvalue weighted by Gasteiger charge is -2.11. The summed E-state index contributed by atoms with van der Waals surface area (Å²) in [5.74, 6) is 0.860. The summed E-state index contributed by atoms with van der Waals surface area (Å²) in [6, 6.07) is 12.2. The number of hydrogen-bond acceptors (Lipinski definition) is 4. The van der Waals surface area contributed by atoms with E-state index in [1.165, 1.54) is 22.5 Å². The first kappa shape index (κ1) is 14.6. The van der Waals surface area contributed by atoms with E-state index >= 15 is 0 Å². The quantitative estimate of drug-likeness (QED) is 0.822. The molecule has 20 heavy (non-hydrogen) atoms. The number of rotatable bonds is 6. The number of nitriles is 1. The monoisotopic (exact) mass is 286 g/mol. The first-order valence-corrected chi connectivity index (χ1v) is 7.48. The third kappa shape index (κ3) is 3.38. The Balaban J connectivity index is 2.32. The SMILES string of the molecule is CCCNCc1cc(OC)ccc1-c1ccc(C#N)s1. The van der Waals surface area contributed by atoms with Gasteiger partial charge in [0.15, 0.2) is 0 Å². The second-order valence-corrected chi connectivity index (χ2v) is 5.56. The van der Waals surface area contributed by atoms with Gasteiger partial charge in [-0.25, -0.2) is 0 Å². The average molecular weight is 286 g/mol. The van der Waals surface area contributed by atoms with Crippen LogP contribution in [-0.2, 0) is 6.54 Å². The zero-order valence-corrected chi connectivity index (χ0v) is 12.6. The topological polar surface area (TPSA) is 45.0 Å². The Morgan fingerprint density at radius 3 is 2.80 bits per heavy atom. The number of methoxy groups -OCH3 is 1. The highest BCUT2D eigenvalue weighted by atomic mass is 32.1. The van der Waals surface area contributed by atoms with Crippen molar-refractivity contribution in [2.75, 3.05) is 13.7 Å². The van der Waals surface area contributed by atoms with Crippen LogP contribution in [-0.4, -0.2) is 13.7 Å². The molecule has 1 N–H and O–H groups in total. The summed E-state index contributed by atoms with van der Waals surface area (Å²) in [7, 11) is 1.68. The fourth-order valence-corrected chi connectivity index (χ4v) is 2.89. The van der Waals surface area contributed by atoms with Crippen LogP contribution < -0.4 is 10.1 Å². The molecule has 0 amide bonds. The molecule has 2 rings (SSSR count). The van der Waals surface area contributed by atoms with Crippen LogP contribution >= 0.6 is 11.3 Å². The van der Waals surface area contributed by atoms with Gasteiger partial charge in [0, 0.05) is 11.4 Å². The summed E-state index contributed by atoms with van der Waals surface area (Å²) in [6.45, 7) is 3.95. The fourth-order valence-electron chi connectivity index (χ4n) is 2.03. The average Bonchev–Trinajstić information content (AvgIpc) is 2.96. The van der Waals surface area contributed by atoms with Crippen molar-refractivity contribution in [2.24, 2.45) is 0 Å². The molecule has 3 nitrogen and oxygen atoms in total. The van der Waals surface area contributed by atoms with Gasteiger partial charge in [-0.2, -0.15) is 5.26 Å². The Hall–Kier alpha value is -1.83. The lowest BCUT2D eigenvalue weighted by atomic mass is 10.1. The molecule has 1 aromatic heterocycles. The molecule has 4 heteroatoms. The van der Waals surface area contributed by atoms with Crippen molar-refractivity contribution in [1.82, 2.24) is 5.32 Å². The van der Waals surface area contributed by atoms with Gasteiger partial charge in [0.25, 0.3) is 0 Å². The molecule has 0 saturated carbocycles. The van der Waals surface area contributed by atoms with Gasteiger partial charge in [0.2, 0.25) is 0 Å². The minimum atomic E-state index is 0.739. The molecule has 1 aromatic carbocycles. The van der Waals surface area contributed by atoms with Gasteiger partial charge in [0.05, 0.1) is 7.11 Å². The molecule has 2 aromatic rings. The van der Waals surface area contributed by atoms with Gasteiger partial charge in [-0.3, -0.25) is 0 Å². The summed E-state index contributed by atoms with van der Waals surface area (Å²) in [5, 5.41) is 12.4. The molecule has 0 aliphatic rings. The highest BCUT2D eigenvalue weighted by molar-refractivity contribution is 7.16. The Bertz CT molecular complexity index is 613. The number of benzene rings is 1. The number of ether oxygens (including phenoxy) is 1. The molecule has 104 valence electrons. The largest absolute Gasteiger partial charge is 0.497 e. The van der Waals surface area contributed by atoms with Crippen LogP contribution in [0.5, 0.6) is 5.75 Å². The lowest BCUT2D eigenvalue weighted by Crippen LogP contribution is -2.14. The molecular formula is C16H18N2OS. The van der Waals surface area contributed by atoms with Crippen LogP contribution in [0.2, 0.25) is 0 Å². The number of nitrogens with one attached hydrogen (secondary N) is 1. The van der Waals surface area contributed by atoms with E-state index in [0.29, 0.717) is 0 Å². The summed E-state index contributed by atoms with van der Waals surface area (Å²) in [5.41, 5.74) is 2.37.